The van der Waals surface area contributed by atoms with Gasteiger partial charge in [-0.05, 0) is 74.6 Å². The number of aromatic nitrogens is 1. The second-order valence-corrected chi connectivity index (χ2v) is 10.7. The Balaban J connectivity index is 1.49. The summed E-state index contributed by atoms with van der Waals surface area (Å²) in [7, 11) is 0. The van der Waals surface area contributed by atoms with E-state index in [4.69, 9.17) is 0 Å². The molecule has 1 saturated carbocycles. The third-order valence-corrected chi connectivity index (χ3v) is 8.31. The van der Waals surface area contributed by atoms with E-state index in [0.29, 0.717) is 5.92 Å². The molecule has 1 unspecified atom stereocenters. The highest BCUT2D eigenvalue weighted by molar-refractivity contribution is 8.05. The monoisotopic (exact) mass is 471 g/mol. The molecule has 176 valence electrons. The normalized spacial score (nSPS) is 24.1. The molecular weight excluding hydrogens is 438 g/mol. The van der Waals surface area contributed by atoms with Crippen LogP contribution in [0.4, 0.5) is 5.69 Å². The lowest BCUT2D eigenvalue weighted by Gasteiger charge is -2.39. The maximum Gasteiger partial charge on any atom is 0.262 e. The van der Waals surface area contributed by atoms with E-state index in [1.165, 1.54) is 25.0 Å². The molecule has 1 aliphatic carbocycles. The first-order valence-corrected chi connectivity index (χ1v) is 13.2. The van der Waals surface area contributed by atoms with Crippen LogP contribution in [0.2, 0.25) is 0 Å². The van der Waals surface area contributed by atoms with E-state index in [1.54, 1.807) is 11.8 Å². The Kier molecular flexibility index (Phi) is 6.55. The number of thioether (sulfide) groups is 1. The molecule has 2 aliphatic rings. The minimum absolute atomic E-state index is 0.0932. The van der Waals surface area contributed by atoms with Gasteiger partial charge in [-0.2, -0.15) is 0 Å². The topological polar surface area (TPSA) is 37.3 Å². The molecule has 1 aliphatic heterocycles. The van der Waals surface area contributed by atoms with Crippen LogP contribution in [0.1, 0.15) is 49.6 Å². The molecule has 0 radical (unpaired) electrons. The SMILES string of the molecule is Cc1cc(/C=C2\SC(Nc3ccccc3)N([C@H]3CCCC[C@H]3C)C2=O)c(C)n1-c1ccccc1. The smallest absolute Gasteiger partial charge is 0.262 e. The van der Waals surface area contributed by atoms with Gasteiger partial charge in [-0.3, -0.25) is 4.79 Å². The number of carbonyl (C=O) groups is 1. The van der Waals surface area contributed by atoms with Gasteiger partial charge >= 0.3 is 0 Å². The van der Waals surface area contributed by atoms with Gasteiger partial charge in [-0.25, -0.2) is 0 Å². The lowest BCUT2D eigenvalue weighted by atomic mass is 9.85. The van der Waals surface area contributed by atoms with Crippen molar-refractivity contribution < 1.29 is 4.79 Å². The fourth-order valence-electron chi connectivity index (χ4n) is 5.42. The lowest BCUT2D eigenvalue weighted by molar-refractivity contribution is -0.129. The number of nitrogens with zero attached hydrogens (tertiary/aromatic N) is 2. The molecule has 1 N–H and O–H groups in total. The molecule has 2 fully saturated rings. The summed E-state index contributed by atoms with van der Waals surface area (Å²) >= 11 is 1.65. The number of aryl methyl sites for hydroxylation is 1. The molecule has 0 spiro atoms. The Hall–Kier alpha value is -2.92. The van der Waals surface area contributed by atoms with Gasteiger partial charge in [0.05, 0.1) is 4.91 Å². The van der Waals surface area contributed by atoms with Crippen LogP contribution in [0.5, 0.6) is 0 Å². The maximum absolute atomic E-state index is 13.8. The predicted octanol–water partition coefficient (Wildman–Crippen LogP) is 6.98. The van der Waals surface area contributed by atoms with Crippen LogP contribution in [-0.2, 0) is 4.79 Å². The molecule has 0 bridgehead atoms. The molecule has 5 heteroatoms. The quantitative estimate of drug-likeness (QED) is 0.408. The second-order valence-electron chi connectivity index (χ2n) is 9.53. The molecule has 5 rings (SSSR count). The van der Waals surface area contributed by atoms with Gasteiger partial charge in [-0.1, -0.05) is 67.9 Å². The summed E-state index contributed by atoms with van der Waals surface area (Å²) < 4.78 is 2.26. The van der Waals surface area contributed by atoms with Crippen LogP contribution in [0, 0.1) is 19.8 Å². The number of hydrogen-bond donors (Lipinski definition) is 1. The van der Waals surface area contributed by atoms with Crippen molar-refractivity contribution in [3.63, 3.8) is 0 Å². The first-order chi connectivity index (χ1) is 16.5. The minimum atomic E-state index is -0.0932. The first-order valence-electron chi connectivity index (χ1n) is 12.3. The zero-order valence-electron chi connectivity index (χ0n) is 20.2. The summed E-state index contributed by atoms with van der Waals surface area (Å²) in [6, 6.07) is 23.1. The van der Waals surface area contributed by atoms with E-state index < -0.39 is 0 Å². The van der Waals surface area contributed by atoms with Gasteiger partial charge in [-0.15, -0.1) is 0 Å². The number of carbonyl (C=O) groups excluding carboxylic acids is 1. The molecule has 34 heavy (non-hydrogen) atoms. The van der Waals surface area contributed by atoms with Gasteiger partial charge < -0.3 is 14.8 Å². The third kappa shape index (κ3) is 4.41. The number of para-hydroxylation sites is 2. The highest BCUT2D eigenvalue weighted by atomic mass is 32.2. The zero-order chi connectivity index (χ0) is 23.7. The van der Waals surface area contributed by atoms with Gasteiger partial charge in [0, 0.05) is 28.8 Å². The second kappa shape index (κ2) is 9.75. The molecule has 3 aromatic rings. The Morgan fingerprint density at radius 1 is 0.971 bits per heavy atom. The maximum atomic E-state index is 13.8. The number of amides is 1. The van der Waals surface area contributed by atoms with Gasteiger partial charge in [0.2, 0.25) is 0 Å². The summed E-state index contributed by atoms with van der Waals surface area (Å²) in [5.74, 6) is 0.669. The van der Waals surface area contributed by atoms with Crippen molar-refractivity contribution in [2.75, 3.05) is 5.32 Å². The molecule has 1 aromatic heterocycles. The van der Waals surface area contributed by atoms with Gasteiger partial charge in [0.25, 0.3) is 5.91 Å². The molecule has 2 heterocycles. The van der Waals surface area contributed by atoms with Crippen molar-refractivity contribution in [2.24, 2.45) is 5.92 Å². The summed E-state index contributed by atoms with van der Waals surface area (Å²) in [6.45, 7) is 6.56. The third-order valence-electron chi connectivity index (χ3n) is 7.20. The highest BCUT2D eigenvalue weighted by Gasteiger charge is 2.43. The fourth-order valence-corrected chi connectivity index (χ4v) is 6.62. The van der Waals surface area contributed by atoms with Crippen molar-refractivity contribution >= 4 is 29.4 Å². The standard InChI is InChI=1S/C29H33N3OS/c1-20-12-10-11-17-26(20)32-28(33)27(34-29(32)30-24-13-6-4-7-14-24)19-23-18-21(2)31(22(23)3)25-15-8-5-9-16-25/h4-9,13-16,18-20,26,29-30H,10-12,17H2,1-3H3/b27-19-/t20-,26+,29?/m1/s1. The van der Waals surface area contributed by atoms with E-state index in [-0.39, 0.29) is 17.4 Å². The van der Waals surface area contributed by atoms with Crippen LogP contribution in [-0.4, -0.2) is 26.9 Å². The Bertz CT molecular complexity index is 1180. The predicted molar refractivity (Wildman–Crippen MR) is 143 cm³/mol. The van der Waals surface area contributed by atoms with Crippen LogP contribution >= 0.6 is 11.8 Å². The van der Waals surface area contributed by atoms with E-state index >= 15 is 0 Å². The van der Waals surface area contributed by atoms with Crippen molar-refractivity contribution in [1.82, 2.24) is 9.47 Å². The summed E-state index contributed by atoms with van der Waals surface area (Å²) in [6.07, 6.45) is 6.82. The number of rotatable bonds is 5. The fraction of sp³-hybridized carbons (Fsp3) is 0.345. The summed E-state index contributed by atoms with van der Waals surface area (Å²) in [4.78, 5) is 16.8. The highest BCUT2D eigenvalue weighted by Crippen LogP contribution is 2.42. The van der Waals surface area contributed by atoms with E-state index in [0.717, 1.165) is 34.0 Å². The molecule has 1 saturated heterocycles. The Morgan fingerprint density at radius 3 is 2.35 bits per heavy atom. The van der Waals surface area contributed by atoms with Crippen LogP contribution in [0.25, 0.3) is 11.8 Å². The zero-order valence-corrected chi connectivity index (χ0v) is 21.0. The van der Waals surface area contributed by atoms with E-state index in [9.17, 15) is 4.79 Å². The van der Waals surface area contributed by atoms with Gasteiger partial charge in [0.15, 0.2) is 5.50 Å². The van der Waals surface area contributed by atoms with Crippen molar-refractivity contribution in [1.29, 1.82) is 0 Å². The molecule has 2 aromatic carbocycles. The average Bonchev–Trinajstić information content (AvgIpc) is 3.30. The van der Waals surface area contributed by atoms with Crippen molar-refractivity contribution in [3.8, 4) is 5.69 Å². The molecule has 1 amide bonds. The van der Waals surface area contributed by atoms with E-state index in [1.807, 2.05) is 24.3 Å². The number of nitrogens with one attached hydrogen (secondary N) is 1. The number of benzene rings is 2. The lowest BCUT2D eigenvalue weighted by Crippen LogP contribution is -2.48. The van der Waals surface area contributed by atoms with Crippen LogP contribution < -0.4 is 5.32 Å². The molecule has 3 atom stereocenters. The van der Waals surface area contributed by atoms with Crippen molar-refractivity contribution in [3.05, 3.63) is 88.6 Å². The minimum Gasteiger partial charge on any atom is -0.356 e. The van der Waals surface area contributed by atoms with E-state index in [2.05, 4.69) is 84.1 Å². The Morgan fingerprint density at radius 2 is 1.65 bits per heavy atom. The summed E-state index contributed by atoms with van der Waals surface area (Å²) in [5, 5.41) is 3.63. The molecular formula is C29H33N3OS. The van der Waals surface area contributed by atoms with Crippen molar-refractivity contribution in [2.45, 2.75) is 58.0 Å². The number of anilines is 1. The first kappa shape index (κ1) is 22.9. The largest absolute Gasteiger partial charge is 0.356 e. The average molecular weight is 472 g/mol. The Labute approximate surface area is 207 Å². The van der Waals surface area contributed by atoms with Crippen LogP contribution in [0.3, 0.4) is 0 Å². The van der Waals surface area contributed by atoms with Crippen LogP contribution in [0.15, 0.2) is 71.6 Å². The summed E-state index contributed by atoms with van der Waals surface area (Å²) in [5.41, 5.74) is 5.53. The number of hydrogen-bond acceptors (Lipinski definition) is 3. The molecule has 4 nitrogen and oxygen atoms in total. The van der Waals surface area contributed by atoms with Gasteiger partial charge in [0.1, 0.15) is 0 Å².